The number of hydrazone groups is 1. The van der Waals surface area contributed by atoms with E-state index in [2.05, 4.69) is 36.1 Å². The molecule has 4 heterocycles. The van der Waals surface area contributed by atoms with Gasteiger partial charge in [-0.1, -0.05) is 11.3 Å². The van der Waals surface area contributed by atoms with Crippen molar-refractivity contribution in [3.8, 4) is 6.07 Å². The van der Waals surface area contributed by atoms with Crippen LogP contribution in [0.25, 0.3) is 0 Å². The number of alkyl halides is 4. The quantitative estimate of drug-likeness (QED) is 0.361. The second-order valence-corrected chi connectivity index (χ2v) is 9.89. The molecule has 3 N–H and O–H groups in total. The summed E-state index contributed by atoms with van der Waals surface area (Å²) in [5.74, 6) is -0.121. The summed E-state index contributed by atoms with van der Waals surface area (Å²) in [7, 11) is 0. The Hall–Kier alpha value is -4.52. The van der Waals surface area contributed by atoms with Gasteiger partial charge in [0.2, 0.25) is 6.23 Å². The molecule has 2 aromatic heterocycles. The van der Waals surface area contributed by atoms with Gasteiger partial charge >= 0.3 is 6.18 Å². The molecule has 16 heteroatoms. The predicted molar refractivity (Wildman–Crippen MR) is 137 cm³/mol. The molecule has 11 nitrogen and oxygen atoms in total. The fourth-order valence-corrected chi connectivity index (χ4v) is 5.19. The van der Waals surface area contributed by atoms with Gasteiger partial charge < -0.3 is 20.3 Å². The topological polar surface area (TPSA) is 140 Å². The molecular weight excluding hydrogens is 554 g/mol. The van der Waals surface area contributed by atoms with Crippen molar-refractivity contribution < 1.29 is 27.1 Å². The number of nitrogens with one attached hydrogen (secondary N) is 3. The number of carbonyl (C=O) groups excluding carboxylic acids is 1. The molecule has 0 spiro atoms. The van der Waals surface area contributed by atoms with Crippen molar-refractivity contribution in [2.45, 2.75) is 45.0 Å². The molecule has 5 rings (SSSR count). The SMILES string of the molecule is C[C@@H](NC(=O)c1sc(Nc2ncnc3c2CCN(c2ccc(C#N)c(C(F)(F)F)c2)C3)nc1CF)C1NN=CO1. The van der Waals surface area contributed by atoms with Crippen molar-refractivity contribution in [2.75, 3.05) is 16.8 Å². The maximum Gasteiger partial charge on any atom is 0.417 e. The zero-order valence-electron chi connectivity index (χ0n) is 20.8. The number of nitrogens with zero attached hydrogens (tertiary/aromatic N) is 6. The fraction of sp³-hybridized carbons (Fsp3) is 0.333. The largest absolute Gasteiger partial charge is 0.455 e. The number of hydrogen-bond donors (Lipinski definition) is 3. The van der Waals surface area contributed by atoms with Gasteiger partial charge in [0.1, 0.15) is 23.7 Å². The zero-order chi connectivity index (χ0) is 28.4. The molecular formula is C24H21F4N9O2S. The summed E-state index contributed by atoms with van der Waals surface area (Å²) in [5.41, 5.74) is 2.84. The van der Waals surface area contributed by atoms with Gasteiger partial charge in [-0.05, 0) is 31.5 Å². The smallest absolute Gasteiger partial charge is 0.417 e. The average Bonchev–Trinajstić information content (AvgIpc) is 3.63. The number of hydrogen-bond acceptors (Lipinski definition) is 11. The second-order valence-electron chi connectivity index (χ2n) is 8.89. The summed E-state index contributed by atoms with van der Waals surface area (Å²) in [6.45, 7) is 1.31. The molecule has 1 amide bonds. The highest BCUT2D eigenvalue weighted by atomic mass is 32.1. The number of rotatable bonds is 7. The summed E-state index contributed by atoms with van der Waals surface area (Å²) in [6.07, 6.45) is -2.30. The Morgan fingerprint density at radius 2 is 2.20 bits per heavy atom. The average molecular weight is 576 g/mol. The molecule has 40 heavy (non-hydrogen) atoms. The number of halogens is 4. The molecule has 0 bridgehead atoms. The van der Waals surface area contributed by atoms with Gasteiger partial charge in [-0.2, -0.15) is 18.4 Å². The monoisotopic (exact) mass is 575 g/mol. The summed E-state index contributed by atoms with van der Waals surface area (Å²) in [5, 5.41) is 18.8. The predicted octanol–water partition coefficient (Wildman–Crippen LogP) is 3.61. The van der Waals surface area contributed by atoms with Crippen LogP contribution >= 0.6 is 11.3 Å². The van der Waals surface area contributed by atoms with Crippen LogP contribution in [0.1, 0.15) is 44.7 Å². The van der Waals surface area contributed by atoms with E-state index < -0.39 is 42.2 Å². The van der Waals surface area contributed by atoms with E-state index in [-0.39, 0.29) is 22.2 Å². The second kappa shape index (κ2) is 10.9. The number of aromatic nitrogens is 3. The van der Waals surface area contributed by atoms with Crippen LogP contribution in [0.3, 0.4) is 0 Å². The van der Waals surface area contributed by atoms with Crippen molar-refractivity contribution in [1.82, 2.24) is 25.7 Å². The number of fused-ring (bicyclic) bond motifs is 1. The normalized spacial score (nSPS) is 16.9. The molecule has 208 valence electrons. The first-order valence-electron chi connectivity index (χ1n) is 11.9. The van der Waals surface area contributed by atoms with E-state index in [9.17, 15) is 22.4 Å². The Bertz CT molecular complexity index is 1500. The summed E-state index contributed by atoms with van der Waals surface area (Å²) in [4.78, 5) is 27.4. The number of ether oxygens (including phenoxy) is 1. The molecule has 2 aliphatic rings. The van der Waals surface area contributed by atoms with Crippen molar-refractivity contribution in [2.24, 2.45) is 5.10 Å². The minimum absolute atomic E-state index is 0.0378. The first kappa shape index (κ1) is 27.1. The van der Waals surface area contributed by atoms with Crippen molar-refractivity contribution in [1.29, 1.82) is 5.26 Å². The summed E-state index contributed by atoms with van der Waals surface area (Å²) >= 11 is 0.957. The van der Waals surface area contributed by atoms with Crippen molar-refractivity contribution in [3.63, 3.8) is 0 Å². The Balaban J connectivity index is 1.33. The van der Waals surface area contributed by atoms with E-state index in [0.29, 0.717) is 30.2 Å². The van der Waals surface area contributed by atoms with Crippen LogP contribution < -0.4 is 21.0 Å². The molecule has 0 saturated heterocycles. The lowest BCUT2D eigenvalue weighted by Crippen LogP contribution is -2.46. The van der Waals surface area contributed by atoms with E-state index >= 15 is 0 Å². The number of amides is 1. The Labute approximate surface area is 228 Å². The number of benzene rings is 1. The molecule has 3 aromatic rings. The minimum atomic E-state index is -4.66. The summed E-state index contributed by atoms with van der Waals surface area (Å²) < 4.78 is 59.3. The standard InChI is InChI=1S/C24H21F4N9O2S/c1-12(22-36-32-11-39-22)33-21(38)19-17(7-25)34-23(40-19)35-20-15-4-5-37(9-18(15)30-10-31-20)14-3-2-13(8-29)16(6-14)24(26,27)28/h2-3,6,10-12,22,36H,4-5,7,9H2,1H3,(H,33,38)(H,30,31,34,35)/t12-,22?/m1/s1. The first-order valence-corrected chi connectivity index (χ1v) is 12.7. The lowest BCUT2D eigenvalue weighted by molar-refractivity contribution is -0.137. The number of thiazole rings is 1. The molecule has 1 unspecified atom stereocenters. The van der Waals surface area contributed by atoms with Crippen LogP contribution in [0.2, 0.25) is 0 Å². The third kappa shape index (κ3) is 5.45. The maximum absolute atomic E-state index is 13.7. The van der Waals surface area contributed by atoms with Crippen LogP contribution in [-0.4, -0.2) is 46.1 Å². The first-order chi connectivity index (χ1) is 19.2. The molecule has 0 aliphatic carbocycles. The maximum atomic E-state index is 13.7. The third-order valence-electron chi connectivity index (χ3n) is 6.33. The van der Waals surface area contributed by atoms with Crippen LogP contribution in [-0.2, 0) is 30.6 Å². The van der Waals surface area contributed by atoms with Crippen LogP contribution in [0.15, 0.2) is 29.6 Å². The van der Waals surface area contributed by atoms with Gasteiger partial charge in [0, 0.05) is 17.8 Å². The van der Waals surface area contributed by atoms with Crippen molar-refractivity contribution >= 4 is 40.3 Å². The van der Waals surface area contributed by atoms with Crippen LogP contribution in [0.5, 0.6) is 0 Å². The van der Waals surface area contributed by atoms with Gasteiger partial charge in [-0.3, -0.25) is 10.2 Å². The van der Waals surface area contributed by atoms with Gasteiger partial charge in [0.15, 0.2) is 11.5 Å². The Kier molecular flexibility index (Phi) is 7.39. The van der Waals surface area contributed by atoms with Crippen molar-refractivity contribution in [3.05, 3.63) is 57.5 Å². The van der Waals surface area contributed by atoms with E-state index in [1.807, 2.05) is 0 Å². The molecule has 0 saturated carbocycles. The highest BCUT2D eigenvalue weighted by Crippen LogP contribution is 2.36. The van der Waals surface area contributed by atoms with Gasteiger partial charge in [0.05, 0.1) is 41.2 Å². The van der Waals surface area contributed by atoms with Gasteiger partial charge in [-0.25, -0.2) is 19.3 Å². The molecule has 1 aromatic carbocycles. The number of nitriles is 1. The van der Waals surface area contributed by atoms with Crippen LogP contribution in [0, 0.1) is 11.3 Å². The third-order valence-corrected chi connectivity index (χ3v) is 7.34. The summed E-state index contributed by atoms with van der Waals surface area (Å²) in [6, 6.07) is 4.71. The van der Waals surface area contributed by atoms with E-state index in [1.165, 1.54) is 18.8 Å². The van der Waals surface area contributed by atoms with Crippen LogP contribution in [0.4, 0.5) is 34.2 Å². The lowest BCUT2D eigenvalue weighted by Gasteiger charge is -2.31. The highest BCUT2D eigenvalue weighted by molar-refractivity contribution is 7.17. The zero-order valence-corrected chi connectivity index (χ0v) is 21.6. The Morgan fingerprint density at radius 1 is 1.38 bits per heavy atom. The van der Waals surface area contributed by atoms with Gasteiger partial charge in [-0.15, -0.1) is 5.10 Å². The molecule has 0 radical (unpaired) electrons. The highest BCUT2D eigenvalue weighted by Gasteiger charge is 2.35. The minimum Gasteiger partial charge on any atom is -0.455 e. The molecule has 2 aliphatic heterocycles. The molecule has 0 fully saturated rings. The van der Waals surface area contributed by atoms with E-state index in [1.54, 1.807) is 17.9 Å². The van der Waals surface area contributed by atoms with E-state index in [4.69, 9.17) is 10.00 Å². The van der Waals surface area contributed by atoms with E-state index in [0.717, 1.165) is 29.0 Å². The fourth-order valence-electron chi connectivity index (χ4n) is 4.33. The number of carbonyl (C=O) groups is 1. The number of anilines is 3. The van der Waals surface area contributed by atoms with Gasteiger partial charge in [0.25, 0.3) is 5.91 Å². The Morgan fingerprint density at radius 3 is 2.90 bits per heavy atom. The lowest BCUT2D eigenvalue weighted by atomic mass is 10.0. The molecule has 2 atom stereocenters.